The van der Waals surface area contributed by atoms with Crippen molar-refractivity contribution in [3.05, 3.63) is 10.6 Å². The van der Waals surface area contributed by atoms with Crippen LogP contribution < -0.4 is 5.11 Å². The molecule has 0 aromatic carbocycles. The molecule has 0 bridgehead atoms. The van der Waals surface area contributed by atoms with Crippen molar-refractivity contribution in [1.29, 1.82) is 0 Å². The first-order valence-electron chi connectivity index (χ1n) is 3.52. The molecule has 13 heavy (non-hydrogen) atoms. The van der Waals surface area contributed by atoms with Crippen LogP contribution in [0.15, 0.2) is 10.6 Å². The second-order valence-electron chi connectivity index (χ2n) is 2.79. The highest BCUT2D eigenvalue weighted by atomic mass is 35.6. The average molecular weight is 263 g/mol. The SMILES string of the molecule is O=C([O-])/C(=C(\Cl)C(Cl)(Cl)Cl)C1CC1. The number of carbonyl (C=O) groups is 1. The zero-order chi connectivity index (χ0) is 10.2. The van der Waals surface area contributed by atoms with Gasteiger partial charge in [-0.05, 0) is 24.3 Å². The van der Waals surface area contributed by atoms with E-state index in [9.17, 15) is 9.90 Å². The molecule has 0 unspecified atom stereocenters. The van der Waals surface area contributed by atoms with Gasteiger partial charge in [-0.15, -0.1) is 0 Å². The Labute approximate surface area is 95.4 Å². The minimum Gasteiger partial charge on any atom is -0.545 e. The van der Waals surface area contributed by atoms with Gasteiger partial charge in [0.05, 0.1) is 11.0 Å². The molecule has 2 nitrogen and oxygen atoms in total. The maximum absolute atomic E-state index is 10.6. The summed E-state index contributed by atoms with van der Waals surface area (Å²) in [4.78, 5) is 10.6. The van der Waals surface area contributed by atoms with Gasteiger partial charge >= 0.3 is 0 Å². The van der Waals surface area contributed by atoms with Crippen molar-refractivity contribution in [2.24, 2.45) is 5.92 Å². The maximum Gasteiger partial charge on any atom is 0.226 e. The van der Waals surface area contributed by atoms with Gasteiger partial charge in [0.1, 0.15) is 0 Å². The molecule has 1 aliphatic rings. The number of rotatable bonds is 2. The second-order valence-corrected chi connectivity index (χ2v) is 5.45. The third-order valence-electron chi connectivity index (χ3n) is 1.69. The van der Waals surface area contributed by atoms with Crippen molar-refractivity contribution in [1.82, 2.24) is 0 Å². The molecular formula is C7H5Cl4O2-. The van der Waals surface area contributed by atoms with Crippen LogP contribution >= 0.6 is 46.4 Å². The number of aliphatic carboxylic acids is 1. The van der Waals surface area contributed by atoms with Gasteiger partial charge in [-0.3, -0.25) is 0 Å². The largest absolute Gasteiger partial charge is 0.545 e. The Kier molecular flexibility index (Phi) is 3.39. The van der Waals surface area contributed by atoms with E-state index in [1.807, 2.05) is 0 Å². The minimum atomic E-state index is -1.88. The van der Waals surface area contributed by atoms with Crippen LogP contribution in [0.3, 0.4) is 0 Å². The fourth-order valence-corrected chi connectivity index (χ4v) is 1.50. The lowest BCUT2D eigenvalue weighted by molar-refractivity contribution is -0.299. The molecule has 0 N–H and O–H groups in total. The first kappa shape index (κ1) is 11.4. The van der Waals surface area contributed by atoms with Gasteiger partial charge in [-0.25, -0.2) is 0 Å². The van der Waals surface area contributed by atoms with Crippen LogP contribution in [-0.2, 0) is 4.79 Å². The summed E-state index contributed by atoms with van der Waals surface area (Å²) in [6.07, 6.45) is 1.50. The van der Waals surface area contributed by atoms with Gasteiger partial charge in [0.2, 0.25) is 3.79 Å². The van der Waals surface area contributed by atoms with Crippen molar-refractivity contribution in [2.75, 3.05) is 0 Å². The molecule has 0 heterocycles. The van der Waals surface area contributed by atoms with Gasteiger partial charge in [0.25, 0.3) is 0 Å². The predicted octanol–water partition coefficient (Wildman–Crippen LogP) is 2.01. The van der Waals surface area contributed by atoms with Crippen molar-refractivity contribution in [2.45, 2.75) is 16.6 Å². The third kappa shape index (κ3) is 2.91. The molecule has 0 amide bonds. The van der Waals surface area contributed by atoms with Crippen LogP contribution in [-0.4, -0.2) is 9.76 Å². The number of hydrogen-bond donors (Lipinski definition) is 0. The van der Waals surface area contributed by atoms with Crippen molar-refractivity contribution < 1.29 is 9.90 Å². The van der Waals surface area contributed by atoms with E-state index in [4.69, 9.17) is 46.4 Å². The van der Waals surface area contributed by atoms with E-state index in [0.717, 1.165) is 12.8 Å². The molecule has 0 saturated heterocycles. The van der Waals surface area contributed by atoms with E-state index in [2.05, 4.69) is 0 Å². The van der Waals surface area contributed by atoms with Gasteiger partial charge in [-0.2, -0.15) is 0 Å². The number of allylic oxidation sites excluding steroid dienone is 1. The summed E-state index contributed by atoms with van der Waals surface area (Å²) in [6.45, 7) is 0. The van der Waals surface area contributed by atoms with Crippen LogP contribution in [0.2, 0.25) is 0 Å². The average Bonchev–Trinajstić information content (AvgIpc) is 2.68. The minimum absolute atomic E-state index is 0.0818. The molecule has 0 atom stereocenters. The van der Waals surface area contributed by atoms with E-state index < -0.39 is 9.76 Å². The Morgan fingerprint density at radius 2 is 1.77 bits per heavy atom. The van der Waals surface area contributed by atoms with Gasteiger partial charge < -0.3 is 9.90 Å². The Morgan fingerprint density at radius 3 is 2.00 bits per heavy atom. The second kappa shape index (κ2) is 3.85. The monoisotopic (exact) mass is 261 g/mol. The lowest BCUT2D eigenvalue weighted by Gasteiger charge is -2.16. The van der Waals surface area contributed by atoms with Gasteiger partial charge in [0.15, 0.2) is 0 Å². The van der Waals surface area contributed by atoms with Crippen LogP contribution in [0.4, 0.5) is 0 Å². The summed E-state index contributed by atoms with van der Waals surface area (Å²) >= 11 is 21.9. The van der Waals surface area contributed by atoms with Crippen LogP contribution in [0.1, 0.15) is 12.8 Å². The van der Waals surface area contributed by atoms with E-state index in [1.54, 1.807) is 0 Å². The summed E-state index contributed by atoms with van der Waals surface area (Å²) in [7, 11) is 0. The standard InChI is InChI=1S/C7H6Cl4O2/c8-5(7(9,10)11)4(6(12)13)3-1-2-3/h3H,1-2H2,(H,12,13)/p-1/b5-4-. The van der Waals surface area contributed by atoms with Crippen LogP contribution in [0, 0.1) is 5.92 Å². The quantitative estimate of drug-likeness (QED) is 0.564. The molecule has 1 rings (SSSR count). The molecule has 0 aromatic heterocycles. The number of halogens is 4. The lowest BCUT2D eigenvalue weighted by Crippen LogP contribution is -2.28. The zero-order valence-corrected chi connectivity index (χ0v) is 9.34. The molecule has 6 heteroatoms. The normalized spacial score (nSPS) is 19.7. The maximum atomic E-state index is 10.6. The summed E-state index contributed by atoms with van der Waals surface area (Å²) in [6, 6.07) is 0. The fraction of sp³-hybridized carbons (Fsp3) is 0.571. The van der Waals surface area contributed by atoms with Crippen molar-refractivity contribution in [3.63, 3.8) is 0 Å². The first-order chi connectivity index (χ1) is 5.84. The van der Waals surface area contributed by atoms with E-state index >= 15 is 0 Å². The molecular weight excluding hydrogens is 258 g/mol. The smallest absolute Gasteiger partial charge is 0.226 e. The number of carbonyl (C=O) groups excluding carboxylic acids is 1. The Bertz CT molecular complexity index is 262. The van der Waals surface area contributed by atoms with E-state index in [1.165, 1.54) is 0 Å². The van der Waals surface area contributed by atoms with E-state index in [0.29, 0.717) is 0 Å². The molecule has 1 saturated carbocycles. The highest BCUT2D eigenvalue weighted by Crippen LogP contribution is 2.45. The van der Waals surface area contributed by atoms with Crippen molar-refractivity contribution >= 4 is 52.4 Å². The summed E-state index contributed by atoms with van der Waals surface area (Å²) in [5.41, 5.74) is -0.0818. The molecule has 1 aliphatic carbocycles. The van der Waals surface area contributed by atoms with E-state index in [-0.39, 0.29) is 16.5 Å². The zero-order valence-electron chi connectivity index (χ0n) is 6.32. The van der Waals surface area contributed by atoms with Crippen molar-refractivity contribution in [3.8, 4) is 0 Å². The first-order valence-corrected chi connectivity index (χ1v) is 5.03. The number of carboxylic acid groups (broad SMARTS) is 1. The molecule has 0 aromatic rings. The Hall–Kier alpha value is 0.370. The van der Waals surface area contributed by atoms with Gasteiger partial charge in [0, 0.05) is 0 Å². The van der Waals surface area contributed by atoms with Crippen LogP contribution in [0.25, 0.3) is 0 Å². The number of hydrogen-bond acceptors (Lipinski definition) is 2. The molecule has 0 spiro atoms. The number of alkyl halides is 3. The van der Waals surface area contributed by atoms with Gasteiger partial charge in [-0.1, -0.05) is 46.4 Å². The molecule has 1 fully saturated rings. The highest BCUT2D eigenvalue weighted by Gasteiger charge is 2.35. The Balaban J connectivity index is 3.01. The summed E-state index contributed by atoms with van der Waals surface area (Å²) in [5.74, 6) is -1.48. The topological polar surface area (TPSA) is 40.1 Å². The van der Waals surface area contributed by atoms with Crippen LogP contribution in [0.5, 0.6) is 0 Å². The summed E-state index contributed by atoms with van der Waals surface area (Å²) in [5, 5.41) is 10.4. The third-order valence-corrected chi connectivity index (χ3v) is 3.04. The predicted molar refractivity (Wildman–Crippen MR) is 50.9 cm³/mol. The Morgan fingerprint density at radius 1 is 1.31 bits per heavy atom. The fourth-order valence-electron chi connectivity index (χ4n) is 0.960. The highest BCUT2D eigenvalue weighted by molar-refractivity contribution is 6.73. The molecule has 0 aliphatic heterocycles. The molecule has 0 radical (unpaired) electrons. The summed E-state index contributed by atoms with van der Waals surface area (Å²) < 4.78 is -1.88. The lowest BCUT2D eigenvalue weighted by atomic mass is 10.1. The molecule has 74 valence electrons. The number of carboxylic acids is 1.